The van der Waals surface area contributed by atoms with Crippen molar-refractivity contribution in [2.45, 2.75) is 20.4 Å². The van der Waals surface area contributed by atoms with Crippen molar-refractivity contribution in [3.63, 3.8) is 0 Å². The van der Waals surface area contributed by atoms with Crippen LogP contribution in [0.15, 0.2) is 42.5 Å². The number of methoxy groups -OCH3 is 1. The molecule has 0 aliphatic carbocycles. The van der Waals surface area contributed by atoms with Gasteiger partial charge in [-0.3, -0.25) is 0 Å². The zero-order valence-electron chi connectivity index (χ0n) is 15.8. The molecular formula is C21H28N3OS+. The average molecular weight is 371 g/mol. The van der Waals surface area contributed by atoms with Crippen molar-refractivity contribution in [2.75, 3.05) is 38.6 Å². The number of para-hydroxylation sites is 1. The molecule has 26 heavy (non-hydrogen) atoms. The highest BCUT2D eigenvalue weighted by Crippen LogP contribution is 2.18. The fraction of sp³-hybridized carbons (Fsp3) is 0.381. The zero-order valence-corrected chi connectivity index (χ0v) is 16.7. The molecule has 2 aromatic carbocycles. The highest BCUT2D eigenvalue weighted by molar-refractivity contribution is 7.80. The number of hydrogen-bond acceptors (Lipinski definition) is 2. The summed E-state index contributed by atoms with van der Waals surface area (Å²) >= 11 is 5.63. The maximum absolute atomic E-state index is 5.63. The highest BCUT2D eigenvalue weighted by Gasteiger charge is 2.23. The van der Waals surface area contributed by atoms with Crippen LogP contribution in [0.2, 0.25) is 0 Å². The van der Waals surface area contributed by atoms with Crippen LogP contribution in [0.25, 0.3) is 0 Å². The predicted octanol–water partition coefficient (Wildman–Crippen LogP) is 2.41. The minimum absolute atomic E-state index is 0.825. The molecular weight excluding hydrogens is 342 g/mol. The summed E-state index contributed by atoms with van der Waals surface area (Å²) in [4.78, 5) is 3.85. The second-order valence-electron chi connectivity index (χ2n) is 6.97. The first-order valence-corrected chi connectivity index (χ1v) is 9.56. The van der Waals surface area contributed by atoms with Gasteiger partial charge in [0.15, 0.2) is 5.11 Å². The lowest BCUT2D eigenvalue weighted by Gasteiger charge is -2.34. The molecule has 1 heterocycles. The maximum atomic E-state index is 5.63. The van der Waals surface area contributed by atoms with E-state index in [2.05, 4.69) is 54.4 Å². The van der Waals surface area contributed by atoms with Crippen LogP contribution in [-0.4, -0.2) is 43.3 Å². The van der Waals surface area contributed by atoms with Crippen LogP contribution >= 0.6 is 12.2 Å². The van der Waals surface area contributed by atoms with Crippen molar-refractivity contribution in [1.82, 2.24) is 4.90 Å². The molecule has 1 aliphatic rings. The Balaban J connectivity index is 1.55. The summed E-state index contributed by atoms with van der Waals surface area (Å²) in [7, 11) is 1.75. The molecule has 0 spiro atoms. The minimum Gasteiger partial charge on any atom is -0.496 e. The van der Waals surface area contributed by atoms with Gasteiger partial charge in [-0.1, -0.05) is 29.8 Å². The summed E-state index contributed by atoms with van der Waals surface area (Å²) < 4.78 is 5.52. The monoisotopic (exact) mass is 370 g/mol. The van der Waals surface area contributed by atoms with Gasteiger partial charge in [-0.25, -0.2) is 0 Å². The lowest BCUT2D eigenvalue weighted by Crippen LogP contribution is -3.13. The molecule has 0 saturated carbocycles. The maximum Gasteiger partial charge on any atom is 0.173 e. The summed E-state index contributed by atoms with van der Waals surface area (Å²) in [5.74, 6) is 0.988. The van der Waals surface area contributed by atoms with E-state index in [0.717, 1.165) is 49.3 Å². The number of hydrogen-bond donors (Lipinski definition) is 2. The number of benzene rings is 2. The van der Waals surface area contributed by atoms with Crippen molar-refractivity contribution in [1.29, 1.82) is 0 Å². The van der Waals surface area contributed by atoms with Crippen LogP contribution in [0.1, 0.15) is 16.7 Å². The van der Waals surface area contributed by atoms with Crippen molar-refractivity contribution in [3.8, 4) is 5.75 Å². The molecule has 0 radical (unpaired) electrons. The summed E-state index contributed by atoms with van der Waals surface area (Å²) in [5.41, 5.74) is 4.88. The van der Waals surface area contributed by atoms with E-state index in [4.69, 9.17) is 17.0 Å². The number of aryl methyl sites for hydroxylation is 2. The largest absolute Gasteiger partial charge is 0.496 e. The number of quaternary nitrogens is 1. The van der Waals surface area contributed by atoms with Crippen LogP contribution in [0.3, 0.4) is 0 Å². The summed E-state index contributed by atoms with van der Waals surface area (Å²) in [6.07, 6.45) is 0. The fourth-order valence-electron chi connectivity index (χ4n) is 3.43. The molecule has 1 aliphatic heterocycles. The first-order valence-electron chi connectivity index (χ1n) is 9.15. The van der Waals surface area contributed by atoms with Crippen molar-refractivity contribution in [3.05, 3.63) is 59.2 Å². The number of piperazine rings is 1. The zero-order chi connectivity index (χ0) is 18.5. The SMILES string of the molecule is COc1ccc(C)cc1C[NH+]1CCN(C(=S)Nc2ccccc2C)CC1. The molecule has 138 valence electrons. The molecule has 0 atom stereocenters. The van der Waals surface area contributed by atoms with E-state index < -0.39 is 0 Å². The Labute approximate surface area is 161 Å². The van der Waals surface area contributed by atoms with Gasteiger partial charge in [-0.05, 0) is 49.8 Å². The summed E-state index contributed by atoms with van der Waals surface area (Å²) in [5, 5.41) is 4.22. The van der Waals surface area contributed by atoms with Gasteiger partial charge >= 0.3 is 0 Å². The van der Waals surface area contributed by atoms with Gasteiger partial charge in [0.05, 0.1) is 33.3 Å². The Bertz CT molecular complexity index is 770. The molecule has 0 unspecified atom stereocenters. The Hall–Kier alpha value is -2.11. The molecule has 3 rings (SSSR count). The van der Waals surface area contributed by atoms with Crippen LogP contribution < -0.4 is 15.0 Å². The number of ether oxygens (including phenoxy) is 1. The molecule has 1 saturated heterocycles. The Kier molecular flexibility index (Phi) is 6.12. The Morgan fingerprint density at radius 1 is 1.15 bits per heavy atom. The van der Waals surface area contributed by atoms with Crippen molar-refractivity contribution < 1.29 is 9.64 Å². The first-order chi connectivity index (χ1) is 12.6. The van der Waals surface area contributed by atoms with Crippen LogP contribution in [0, 0.1) is 13.8 Å². The summed E-state index contributed by atoms with van der Waals surface area (Å²) in [6, 6.07) is 14.7. The van der Waals surface area contributed by atoms with E-state index >= 15 is 0 Å². The second kappa shape index (κ2) is 8.52. The number of nitrogens with zero attached hydrogens (tertiary/aromatic N) is 1. The molecule has 1 fully saturated rings. The van der Waals surface area contributed by atoms with Crippen LogP contribution in [0.5, 0.6) is 5.75 Å². The van der Waals surface area contributed by atoms with E-state index in [9.17, 15) is 0 Å². The van der Waals surface area contributed by atoms with Gasteiger partial charge in [-0.2, -0.15) is 0 Å². The van der Waals surface area contributed by atoms with Gasteiger partial charge in [0.25, 0.3) is 0 Å². The van der Waals surface area contributed by atoms with E-state index in [1.54, 1.807) is 12.0 Å². The Morgan fingerprint density at radius 2 is 1.88 bits per heavy atom. The number of rotatable bonds is 4. The van der Waals surface area contributed by atoms with Crippen LogP contribution in [-0.2, 0) is 6.54 Å². The number of nitrogens with one attached hydrogen (secondary N) is 2. The van der Waals surface area contributed by atoms with Gasteiger partial charge in [0, 0.05) is 11.3 Å². The average Bonchev–Trinajstić information content (AvgIpc) is 2.64. The molecule has 5 heteroatoms. The van der Waals surface area contributed by atoms with Gasteiger partial charge in [0.1, 0.15) is 12.3 Å². The number of thiocarbonyl (C=S) groups is 1. The first kappa shape index (κ1) is 18.7. The summed E-state index contributed by atoms with van der Waals surface area (Å²) in [6.45, 7) is 9.33. The van der Waals surface area contributed by atoms with E-state index in [1.807, 2.05) is 12.1 Å². The molecule has 0 bridgehead atoms. The molecule has 0 amide bonds. The minimum atomic E-state index is 0.825. The van der Waals surface area contributed by atoms with Gasteiger partial charge < -0.3 is 19.9 Å². The third-order valence-corrected chi connectivity index (χ3v) is 5.38. The molecule has 2 N–H and O–H groups in total. The molecule has 2 aromatic rings. The van der Waals surface area contributed by atoms with E-state index in [1.165, 1.54) is 16.7 Å². The van der Waals surface area contributed by atoms with Crippen LogP contribution in [0.4, 0.5) is 5.69 Å². The lowest BCUT2D eigenvalue weighted by molar-refractivity contribution is -0.917. The van der Waals surface area contributed by atoms with E-state index in [-0.39, 0.29) is 0 Å². The quantitative estimate of drug-likeness (QED) is 0.809. The molecule has 0 aromatic heterocycles. The smallest absolute Gasteiger partial charge is 0.173 e. The fourth-order valence-corrected chi connectivity index (χ4v) is 3.72. The lowest BCUT2D eigenvalue weighted by atomic mass is 10.1. The number of anilines is 1. The van der Waals surface area contributed by atoms with Crippen molar-refractivity contribution >= 4 is 23.0 Å². The predicted molar refractivity (Wildman–Crippen MR) is 111 cm³/mol. The standard InChI is InChI=1S/C21H27N3OS/c1-16-8-9-20(25-3)18(14-16)15-23-10-12-24(13-11-23)21(26)22-19-7-5-4-6-17(19)2/h4-9,14H,10-13,15H2,1-3H3,(H,22,26)/p+1. The normalized spacial score (nSPS) is 15.0. The van der Waals surface area contributed by atoms with Crippen molar-refractivity contribution in [2.24, 2.45) is 0 Å². The topological polar surface area (TPSA) is 28.9 Å². The highest BCUT2D eigenvalue weighted by atomic mass is 32.1. The van der Waals surface area contributed by atoms with E-state index in [0.29, 0.717) is 0 Å². The second-order valence-corrected chi connectivity index (χ2v) is 7.36. The van der Waals surface area contributed by atoms with Gasteiger partial charge in [0.2, 0.25) is 0 Å². The third kappa shape index (κ3) is 4.54. The Morgan fingerprint density at radius 3 is 2.58 bits per heavy atom. The molecule has 4 nitrogen and oxygen atoms in total. The van der Waals surface area contributed by atoms with Gasteiger partial charge in [-0.15, -0.1) is 0 Å². The third-order valence-electron chi connectivity index (χ3n) is 5.02.